The van der Waals surface area contributed by atoms with Gasteiger partial charge in [-0.1, -0.05) is 60.7 Å². The third kappa shape index (κ3) is 4.91. The molecule has 35 heavy (non-hydrogen) atoms. The first-order chi connectivity index (χ1) is 16.9. The molecule has 3 aromatic rings. The summed E-state index contributed by atoms with van der Waals surface area (Å²) < 4.78 is 42.7. The van der Waals surface area contributed by atoms with Crippen molar-refractivity contribution in [1.29, 1.82) is 0 Å². The Balaban J connectivity index is 1.39. The molecule has 184 valence electrons. The van der Waals surface area contributed by atoms with E-state index in [1.807, 2.05) is 36.4 Å². The lowest BCUT2D eigenvalue weighted by Gasteiger charge is -2.34. The number of hydrogen-bond donors (Lipinski definition) is 2. The summed E-state index contributed by atoms with van der Waals surface area (Å²) in [5, 5.41) is 10.1. The van der Waals surface area contributed by atoms with E-state index in [2.05, 4.69) is 20.6 Å². The Morgan fingerprint density at radius 1 is 1.06 bits per heavy atom. The molecule has 2 aromatic carbocycles. The van der Waals surface area contributed by atoms with Crippen molar-refractivity contribution >= 4 is 11.7 Å². The van der Waals surface area contributed by atoms with Gasteiger partial charge in [0.1, 0.15) is 11.4 Å². The molecular formula is C26H28F3N5O. The van der Waals surface area contributed by atoms with E-state index < -0.39 is 24.2 Å². The minimum absolute atomic E-state index is 0.00185. The van der Waals surface area contributed by atoms with E-state index in [0.29, 0.717) is 6.54 Å². The maximum absolute atomic E-state index is 13.9. The van der Waals surface area contributed by atoms with Gasteiger partial charge in [0.05, 0.1) is 18.3 Å². The zero-order valence-electron chi connectivity index (χ0n) is 19.2. The monoisotopic (exact) mass is 483 g/mol. The van der Waals surface area contributed by atoms with Crippen LogP contribution in [0.25, 0.3) is 0 Å². The predicted molar refractivity (Wildman–Crippen MR) is 127 cm³/mol. The molecule has 0 spiro atoms. The van der Waals surface area contributed by atoms with Crippen molar-refractivity contribution in [3.63, 3.8) is 0 Å². The van der Waals surface area contributed by atoms with Gasteiger partial charge in [0, 0.05) is 13.0 Å². The molecule has 1 fully saturated rings. The molecule has 1 amide bonds. The number of fused-ring (bicyclic) bond motifs is 1. The molecule has 9 heteroatoms. The Hall–Kier alpha value is -3.33. The van der Waals surface area contributed by atoms with E-state index in [4.69, 9.17) is 0 Å². The first-order valence-electron chi connectivity index (χ1n) is 11.9. The minimum atomic E-state index is -4.49. The van der Waals surface area contributed by atoms with Gasteiger partial charge in [0.2, 0.25) is 0 Å². The molecule has 1 unspecified atom stereocenters. The summed E-state index contributed by atoms with van der Waals surface area (Å²) in [6.07, 6.45) is -1.24. The maximum atomic E-state index is 13.9. The van der Waals surface area contributed by atoms with Crippen LogP contribution in [0.4, 0.5) is 19.0 Å². The number of anilines is 1. The topological polar surface area (TPSA) is 62.2 Å². The number of amides is 1. The molecule has 2 aliphatic heterocycles. The van der Waals surface area contributed by atoms with E-state index in [0.717, 1.165) is 41.7 Å². The van der Waals surface area contributed by atoms with Crippen molar-refractivity contribution in [2.75, 3.05) is 25.0 Å². The van der Waals surface area contributed by atoms with Gasteiger partial charge in [-0.3, -0.25) is 9.69 Å². The van der Waals surface area contributed by atoms with Crippen LogP contribution in [-0.2, 0) is 0 Å². The summed E-state index contributed by atoms with van der Waals surface area (Å²) in [5.41, 5.74) is 1.96. The number of nitrogens with one attached hydrogen (secondary N) is 2. The zero-order valence-corrected chi connectivity index (χ0v) is 19.2. The van der Waals surface area contributed by atoms with Crippen molar-refractivity contribution < 1.29 is 18.0 Å². The average molecular weight is 484 g/mol. The van der Waals surface area contributed by atoms with Gasteiger partial charge in [0.25, 0.3) is 5.91 Å². The molecule has 0 bridgehead atoms. The second-order valence-corrected chi connectivity index (χ2v) is 9.13. The van der Waals surface area contributed by atoms with E-state index in [9.17, 15) is 18.0 Å². The van der Waals surface area contributed by atoms with Gasteiger partial charge in [-0.05, 0) is 37.1 Å². The molecule has 1 aromatic heterocycles. The number of likely N-dealkylation sites (tertiary alicyclic amines) is 1. The Morgan fingerprint density at radius 2 is 1.71 bits per heavy atom. The summed E-state index contributed by atoms with van der Waals surface area (Å²) in [4.78, 5) is 15.6. The van der Waals surface area contributed by atoms with Crippen LogP contribution in [0, 0.1) is 0 Å². The molecule has 0 aliphatic carbocycles. The fourth-order valence-electron chi connectivity index (χ4n) is 5.10. The van der Waals surface area contributed by atoms with Crippen molar-refractivity contribution in [2.45, 2.75) is 43.6 Å². The number of carbonyl (C=O) groups is 1. The molecule has 6 nitrogen and oxygen atoms in total. The molecule has 3 atom stereocenters. The average Bonchev–Trinajstić information content (AvgIpc) is 3.54. The number of benzene rings is 2. The van der Waals surface area contributed by atoms with Crippen LogP contribution in [0.1, 0.15) is 58.9 Å². The highest BCUT2D eigenvalue weighted by atomic mass is 19.4. The standard InChI is InChI=1S/C26H28F3N5O/c27-26(28,29)23-15-21(18-9-3-1-4-10-18)32-24-20(16-31-34(23)24)25(35)30-17-22(33-13-7-8-14-33)19-11-5-2-6-12-19/h1-6,9-12,16,21-23,32H,7-8,13-15,17H2,(H,30,35)/t21-,22?,23+/m1/s1. The second kappa shape index (κ2) is 9.73. The van der Waals surface area contributed by atoms with Crippen molar-refractivity contribution in [1.82, 2.24) is 20.0 Å². The predicted octanol–water partition coefficient (Wildman–Crippen LogP) is 5.11. The number of hydrogen-bond acceptors (Lipinski definition) is 4. The van der Waals surface area contributed by atoms with Gasteiger partial charge in [-0.25, -0.2) is 4.68 Å². The minimum Gasteiger partial charge on any atom is -0.363 e. The lowest BCUT2D eigenvalue weighted by Crippen LogP contribution is -2.38. The van der Waals surface area contributed by atoms with E-state index in [1.165, 1.54) is 6.20 Å². The van der Waals surface area contributed by atoms with Crippen LogP contribution < -0.4 is 10.6 Å². The lowest BCUT2D eigenvalue weighted by atomic mass is 9.96. The van der Waals surface area contributed by atoms with Crippen molar-refractivity contribution in [3.05, 3.63) is 83.6 Å². The third-order valence-corrected chi connectivity index (χ3v) is 6.91. The number of rotatable bonds is 6. The molecule has 2 N–H and O–H groups in total. The maximum Gasteiger partial charge on any atom is 0.410 e. The van der Waals surface area contributed by atoms with Crippen LogP contribution >= 0.6 is 0 Å². The molecule has 0 saturated carbocycles. The number of nitrogens with zero attached hydrogens (tertiary/aromatic N) is 3. The number of aromatic nitrogens is 2. The largest absolute Gasteiger partial charge is 0.410 e. The fraction of sp³-hybridized carbons (Fsp3) is 0.385. The Kier molecular flexibility index (Phi) is 6.51. The summed E-state index contributed by atoms with van der Waals surface area (Å²) in [6, 6.07) is 16.6. The summed E-state index contributed by atoms with van der Waals surface area (Å²) >= 11 is 0. The number of halogens is 3. The molecule has 0 radical (unpaired) electrons. The van der Waals surface area contributed by atoms with Gasteiger partial charge < -0.3 is 10.6 Å². The van der Waals surface area contributed by atoms with Gasteiger partial charge in [0.15, 0.2) is 6.04 Å². The lowest BCUT2D eigenvalue weighted by molar-refractivity contribution is -0.173. The molecule has 3 heterocycles. The summed E-state index contributed by atoms with van der Waals surface area (Å²) in [7, 11) is 0. The van der Waals surface area contributed by atoms with Crippen LogP contribution in [-0.4, -0.2) is 46.4 Å². The van der Waals surface area contributed by atoms with Crippen LogP contribution in [0.2, 0.25) is 0 Å². The zero-order chi connectivity index (χ0) is 24.4. The van der Waals surface area contributed by atoms with Crippen LogP contribution in [0.15, 0.2) is 66.9 Å². The fourth-order valence-corrected chi connectivity index (χ4v) is 5.10. The molecule has 1 saturated heterocycles. The molecule has 5 rings (SSSR count). The quantitative estimate of drug-likeness (QED) is 0.512. The first-order valence-corrected chi connectivity index (χ1v) is 11.9. The molecule has 2 aliphatic rings. The molecular weight excluding hydrogens is 455 g/mol. The smallest absolute Gasteiger partial charge is 0.363 e. The Labute approximate surface area is 202 Å². The highest BCUT2D eigenvalue weighted by molar-refractivity contribution is 5.99. The van der Waals surface area contributed by atoms with Crippen LogP contribution in [0.3, 0.4) is 0 Å². The highest BCUT2D eigenvalue weighted by Crippen LogP contribution is 2.44. The normalized spacial score (nSPS) is 21.2. The summed E-state index contributed by atoms with van der Waals surface area (Å²) in [5.74, 6) is -0.337. The van der Waals surface area contributed by atoms with Gasteiger partial charge >= 0.3 is 6.18 Å². The Morgan fingerprint density at radius 3 is 2.37 bits per heavy atom. The van der Waals surface area contributed by atoms with Gasteiger partial charge in [-0.2, -0.15) is 18.3 Å². The second-order valence-electron chi connectivity index (χ2n) is 9.13. The van der Waals surface area contributed by atoms with Crippen LogP contribution in [0.5, 0.6) is 0 Å². The first kappa shape index (κ1) is 23.4. The SMILES string of the molecule is O=C(NCC(c1ccccc1)N1CCCC1)c1cnn2c1N[C@@H](c1ccccc1)C[C@H]2C(F)(F)F. The third-order valence-electron chi connectivity index (χ3n) is 6.91. The number of alkyl halides is 3. The Bertz CT molecular complexity index is 1140. The van der Waals surface area contributed by atoms with E-state index in [1.54, 1.807) is 24.3 Å². The number of carbonyl (C=O) groups excluding carboxylic acids is 1. The highest BCUT2D eigenvalue weighted by Gasteiger charge is 2.47. The van der Waals surface area contributed by atoms with E-state index in [-0.39, 0.29) is 23.8 Å². The summed E-state index contributed by atoms with van der Waals surface area (Å²) in [6.45, 7) is 2.26. The van der Waals surface area contributed by atoms with E-state index >= 15 is 0 Å². The van der Waals surface area contributed by atoms with Crippen molar-refractivity contribution in [3.8, 4) is 0 Å². The van der Waals surface area contributed by atoms with Gasteiger partial charge in [-0.15, -0.1) is 0 Å². The van der Waals surface area contributed by atoms with Crippen molar-refractivity contribution in [2.24, 2.45) is 0 Å².